The zero-order valence-corrected chi connectivity index (χ0v) is 13.6. The zero-order valence-electron chi connectivity index (χ0n) is 12.9. The van der Waals surface area contributed by atoms with Crippen molar-refractivity contribution in [3.05, 3.63) is 74.8 Å². The van der Waals surface area contributed by atoms with Crippen molar-refractivity contribution in [3.8, 4) is 0 Å². The highest BCUT2D eigenvalue weighted by molar-refractivity contribution is 6.30. The van der Waals surface area contributed by atoms with Crippen molar-refractivity contribution >= 4 is 29.0 Å². The normalized spacial score (nSPS) is 11.6. The summed E-state index contributed by atoms with van der Waals surface area (Å²) in [6.07, 6.45) is 0.0407. The molecule has 0 fully saturated rings. The number of hydrogen-bond donors (Lipinski definition) is 1. The molecule has 6 nitrogen and oxygen atoms in total. The van der Waals surface area contributed by atoms with Crippen LogP contribution in [0.4, 0.5) is 5.69 Å². The van der Waals surface area contributed by atoms with E-state index < -0.39 is 11.0 Å². The highest BCUT2D eigenvalue weighted by Gasteiger charge is 2.19. The smallest absolute Gasteiger partial charge is 0.269 e. The van der Waals surface area contributed by atoms with E-state index in [1.807, 2.05) is 0 Å². The zero-order chi connectivity index (χ0) is 17.7. The van der Waals surface area contributed by atoms with E-state index in [4.69, 9.17) is 11.6 Å². The number of carbonyl (C=O) groups excluding carboxylic acids is 2. The number of benzene rings is 2. The second-order valence-electron chi connectivity index (χ2n) is 5.24. The number of nitrogens with one attached hydrogen (secondary N) is 1. The lowest BCUT2D eigenvalue weighted by atomic mass is 9.97. The number of ketones is 1. The number of non-ortho nitro benzene ring substituents is 1. The van der Waals surface area contributed by atoms with Crippen LogP contribution in [0, 0.1) is 10.1 Å². The lowest BCUT2D eigenvalue weighted by molar-refractivity contribution is -0.384. The quantitative estimate of drug-likeness (QED) is 0.490. The molecule has 0 saturated carbocycles. The third kappa shape index (κ3) is 4.63. The molecular weight excluding hydrogens is 332 g/mol. The second-order valence-corrected chi connectivity index (χ2v) is 5.67. The maximum absolute atomic E-state index is 12.4. The Hall–Kier alpha value is -2.73. The van der Waals surface area contributed by atoms with Gasteiger partial charge in [-0.1, -0.05) is 23.7 Å². The number of hydrogen-bond acceptors (Lipinski definition) is 4. The van der Waals surface area contributed by atoms with Crippen LogP contribution in [-0.4, -0.2) is 16.6 Å². The molecule has 24 heavy (non-hydrogen) atoms. The second kappa shape index (κ2) is 7.70. The predicted molar refractivity (Wildman–Crippen MR) is 90.1 cm³/mol. The summed E-state index contributed by atoms with van der Waals surface area (Å²) in [6, 6.07) is 11.7. The standard InChI is InChI=1S/C17H15ClN2O4/c1-11(21)19-16(12-4-8-15(9-5-12)20(23)24)10-17(22)13-2-6-14(18)7-3-13/h2-9,16H,10H2,1H3,(H,19,21). The molecule has 0 heterocycles. The Labute approximate surface area is 143 Å². The van der Waals surface area contributed by atoms with E-state index in [9.17, 15) is 19.7 Å². The monoisotopic (exact) mass is 346 g/mol. The Morgan fingerprint density at radius 2 is 1.71 bits per heavy atom. The van der Waals surface area contributed by atoms with Crippen molar-refractivity contribution < 1.29 is 14.5 Å². The van der Waals surface area contributed by atoms with Gasteiger partial charge in [-0.05, 0) is 29.8 Å². The van der Waals surface area contributed by atoms with Gasteiger partial charge in [-0.2, -0.15) is 0 Å². The molecule has 0 bridgehead atoms. The first kappa shape index (κ1) is 17.6. The van der Waals surface area contributed by atoms with Crippen molar-refractivity contribution in [2.45, 2.75) is 19.4 Å². The van der Waals surface area contributed by atoms with Crippen LogP contribution in [0.3, 0.4) is 0 Å². The van der Waals surface area contributed by atoms with E-state index in [1.54, 1.807) is 24.3 Å². The Bertz CT molecular complexity index is 757. The molecule has 1 unspecified atom stereocenters. The van der Waals surface area contributed by atoms with Crippen LogP contribution < -0.4 is 5.32 Å². The molecule has 0 aliphatic carbocycles. The Balaban J connectivity index is 2.21. The van der Waals surface area contributed by atoms with Crippen LogP contribution >= 0.6 is 11.6 Å². The van der Waals surface area contributed by atoms with Crippen molar-refractivity contribution in [1.29, 1.82) is 0 Å². The topological polar surface area (TPSA) is 89.3 Å². The number of nitrogens with zero attached hydrogens (tertiary/aromatic N) is 1. The Morgan fingerprint density at radius 3 is 2.21 bits per heavy atom. The summed E-state index contributed by atoms with van der Waals surface area (Å²) in [5.74, 6) is -0.453. The maximum atomic E-state index is 12.4. The van der Waals surface area contributed by atoms with Gasteiger partial charge in [0.05, 0.1) is 11.0 Å². The third-order valence-electron chi connectivity index (χ3n) is 3.44. The Kier molecular flexibility index (Phi) is 5.65. The van der Waals surface area contributed by atoms with Crippen LogP contribution in [-0.2, 0) is 4.79 Å². The number of carbonyl (C=O) groups is 2. The van der Waals surface area contributed by atoms with Gasteiger partial charge in [0, 0.05) is 36.1 Å². The SMILES string of the molecule is CC(=O)NC(CC(=O)c1ccc(Cl)cc1)c1ccc([N+](=O)[O-])cc1. The van der Waals surface area contributed by atoms with E-state index in [1.165, 1.54) is 31.2 Å². The third-order valence-corrected chi connectivity index (χ3v) is 3.69. The molecule has 0 spiro atoms. The number of nitro benzene ring substituents is 1. The molecule has 2 aromatic carbocycles. The van der Waals surface area contributed by atoms with Crippen LogP contribution in [0.5, 0.6) is 0 Å². The number of Topliss-reactive ketones (excluding diaryl/α,β-unsaturated/α-hetero) is 1. The molecule has 0 aliphatic heterocycles. The summed E-state index contributed by atoms with van der Waals surface area (Å²) in [5.41, 5.74) is 1.05. The Morgan fingerprint density at radius 1 is 1.12 bits per heavy atom. The molecule has 1 amide bonds. The van der Waals surface area contributed by atoms with E-state index in [2.05, 4.69) is 5.32 Å². The molecular formula is C17H15ClN2O4. The van der Waals surface area contributed by atoms with Crippen LogP contribution in [0.15, 0.2) is 48.5 Å². The molecule has 7 heteroatoms. The highest BCUT2D eigenvalue weighted by atomic mass is 35.5. The van der Waals surface area contributed by atoms with Crippen molar-refractivity contribution in [1.82, 2.24) is 5.32 Å². The van der Waals surface area contributed by atoms with Crippen LogP contribution in [0.2, 0.25) is 5.02 Å². The lowest BCUT2D eigenvalue weighted by Crippen LogP contribution is -2.28. The van der Waals surface area contributed by atoms with Gasteiger partial charge in [0.1, 0.15) is 0 Å². The molecule has 2 rings (SSSR count). The van der Waals surface area contributed by atoms with Gasteiger partial charge in [0.2, 0.25) is 5.91 Å². The van der Waals surface area contributed by atoms with E-state index in [0.717, 1.165) is 0 Å². The lowest BCUT2D eigenvalue weighted by Gasteiger charge is -2.17. The number of nitro groups is 1. The predicted octanol–water partition coefficient (Wildman–Crippen LogP) is 3.70. The van der Waals surface area contributed by atoms with E-state index in [0.29, 0.717) is 16.1 Å². The average Bonchev–Trinajstić information content (AvgIpc) is 2.54. The molecule has 124 valence electrons. The number of amides is 1. The van der Waals surface area contributed by atoms with Crippen molar-refractivity contribution in [2.75, 3.05) is 0 Å². The summed E-state index contributed by atoms with van der Waals surface area (Å²) in [5, 5.41) is 14.0. The summed E-state index contributed by atoms with van der Waals surface area (Å²) in [6.45, 7) is 1.35. The van der Waals surface area contributed by atoms with Crippen LogP contribution in [0.1, 0.15) is 35.3 Å². The van der Waals surface area contributed by atoms with Gasteiger partial charge in [-0.15, -0.1) is 0 Å². The summed E-state index contributed by atoms with van der Waals surface area (Å²) in [4.78, 5) is 34.0. The maximum Gasteiger partial charge on any atom is 0.269 e. The molecule has 0 aromatic heterocycles. The minimum atomic E-state index is -0.563. The number of rotatable bonds is 6. The van der Waals surface area contributed by atoms with E-state index in [-0.39, 0.29) is 23.8 Å². The minimum Gasteiger partial charge on any atom is -0.349 e. The van der Waals surface area contributed by atoms with Gasteiger partial charge < -0.3 is 5.32 Å². The molecule has 0 aliphatic rings. The molecule has 2 aromatic rings. The van der Waals surface area contributed by atoms with Crippen LogP contribution in [0.25, 0.3) is 0 Å². The van der Waals surface area contributed by atoms with E-state index >= 15 is 0 Å². The molecule has 0 radical (unpaired) electrons. The fraction of sp³-hybridized carbons (Fsp3) is 0.176. The van der Waals surface area contributed by atoms with Gasteiger partial charge in [-0.25, -0.2) is 0 Å². The fourth-order valence-electron chi connectivity index (χ4n) is 2.26. The molecule has 0 saturated heterocycles. The first-order valence-electron chi connectivity index (χ1n) is 7.17. The largest absolute Gasteiger partial charge is 0.349 e. The van der Waals surface area contributed by atoms with Gasteiger partial charge in [0.25, 0.3) is 5.69 Å². The van der Waals surface area contributed by atoms with Crippen molar-refractivity contribution in [3.63, 3.8) is 0 Å². The molecule has 1 N–H and O–H groups in total. The summed E-state index contributed by atoms with van der Waals surface area (Å²) < 4.78 is 0. The van der Waals surface area contributed by atoms with Gasteiger partial charge in [-0.3, -0.25) is 19.7 Å². The summed E-state index contributed by atoms with van der Waals surface area (Å²) in [7, 11) is 0. The average molecular weight is 347 g/mol. The molecule has 1 atom stereocenters. The van der Waals surface area contributed by atoms with Gasteiger partial charge >= 0.3 is 0 Å². The minimum absolute atomic E-state index is 0.0407. The van der Waals surface area contributed by atoms with Crippen molar-refractivity contribution in [2.24, 2.45) is 0 Å². The number of halogens is 1. The highest BCUT2D eigenvalue weighted by Crippen LogP contribution is 2.23. The van der Waals surface area contributed by atoms with Gasteiger partial charge in [0.15, 0.2) is 5.78 Å². The fourth-order valence-corrected chi connectivity index (χ4v) is 2.39. The first-order valence-corrected chi connectivity index (χ1v) is 7.55. The summed E-state index contributed by atoms with van der Waals surface area (Å²) >= 11 is 5.80. The first-order chi connectivity index (χ1) is 11.4.